The molecule has 0 spiro atoms. The minimum absolute atomic E-state index is 0.0844. The normalized spacial score (nSPS) is 11.4. The van der Waals surface area contributed by atoms with Crippen LogP contribution in [-0.2, 0) is 0 Å². The summed E-state index contributed by atoms with van der Waals surface area (Å²) in [6, 6.07) is 1.63. The largest absolute Gasteiger partial charge is 0.507 e. The molecule has 1 aromatic carbocycles. The molecule has 17 heavy (non-hydrogen) atoms. The first-order valence-electron chi connectivity index (χ1n) is 5.21. The molecule has 0 unspecified atom stereocenters. The molecule has 1 aromatic rings. The van der Waals surface area contributed by atoms with Crippen LogP contribution in [0.15, 0.2) is 12.1 Å². The van der Waals surface area contributed by atoms with Gasteiger partial charge in [-0.1, -0.05) is 6.08 Å². The van der Waals surface area contributed by atoms with E-state index in [1.165, 1.54) is 7.11 Å². The number of benzene rings is 1. The van der Waals surface area contributed by atoms with Crippen molar-refractivity contribution in [1.82, 2.24) is 0 Å². The molecule has 0 heterocycles. The van der Waals surface area contributed by atoms with E-state index in [1.807, 2.05) is 6.92 Å². The van der Waals surface area contributed by atoms with Gasteiger partial charge in [0.05, 0.1) is 7.11 Å². The standard InChI is InChI=1S/C13H16O4/c1-5-7(2)9-6-10(17-4)8(3)12(14)11(9)13(15)16/h5-6,14H,1-4H3,(H,15,16)/b7-5+. The van der Waals surface area contributed by atoms with Gasteiger partial charge in [0.2, 0.25) is 0 Å². The van der Waals surface area contributed by atoms with E-state index < -0.39 is 5.97 Å². The fourth-order valence-electron chi connectivity index (χ4n) is 1.64. The summed E-state index contributed by atoms with van der Waals surface area (Å²) in [6.07, 6.45) is 1.79. The van der Waals surface area contributed by atoms with Crippen molar-refractivity contribution in [2.75, 3.05) is 7.11 Å². The molecule has 0 amide bonds. The van der Waals surface area contributed by atoms with Gasteiger partial charge in [-0.3, -0.25) is 0 Å². The van der Waals surface area contributed by atoms with Crippen LogP contribution in [0.3, 0.4) is 0 Å². The highest BCUT2D eigenvalue weighted by Gasteiger charge is 2.21. The third-order valence-corrected chi connectivity index (χ3v) is 2.80. The molecule has 0 fully saturated rings. The lowest BCUT2D eigenvalue weighted by molar-refractivity contribution is 0.0693. The molecule has 92 valence electrons. The Morgan fingerprint density at radius 3 is 2.47 bits per heavy atom. The first-order chi connectivity index (χ1) is 7.93. The molecule has 0 aromatic heterocycles. The van der Waals surface area contributed by atoms with Crippen molar-refractivity contribution in [2.45, 2.75) is 20.8 Å². The third kappa shape index (κ3) is 2.25. The molecule has 2 N–H and O–H groups in total. The van der Waals surface area contributed by atoms with Crippen LogP contribution in [0.1, 0.15) is 35.3 Å². The highest BCUT2D eigenvalue weighted by Crippen LogP contribution is 2.36. The summed E-state index contributed by atoms with van der Waals surface area (Å²) in [7, 11) is 1.48. The van der Waals surface area contributed by atoms with Crippen molar-refractivity contribution in [3.8, 4) is 11.5 Å². The van der Waals surface area contributed by atoms with E-state index in [4.69, 9.17) is 9.84 Å². The number of carbonyl (C=O) groups is 1. The summed E-state index contributed by atoms with van der Waals surface area (Å²) < 4.78 is 5.12. The quantitative estimate of drug-likeness (QED) is 0.846. The Balaban J connectivity index is 3.67. The molecule has 0 bridgehead atoms. The smallest absolute Gasteiger partial charge is 0.340 e. The highest BCUT2D eigenvalue weighted by atomic mass is 16.5. The molecule has 1 rings (SSSR count). The second kappa shape index (κ2) is 4.91. The number of phenols is 1. The summed E-state index contributed by atoms with van der Waals surface area (Å²) in [5, 5.41) is 19.1. The van der Waals surface area contributed by atoms with Gasteiger partial charge in [-0.25, -0.2) is 4.79 Å². The second-order valence-electron chi connectivity index (χ2n) is 3.75. The maximum absolute atomic E-state index is 11.2. The number of hydrogen-bond acceptors (Lipinski definition) is 3. The number of allylic oxidation sites excluding steroid dienone is 2. The van der Waals surface area contributed by atoms with Gasteiger partial charge in [0.25, 0.3) is 0 Å². The summed E-state index contributed by atoms with van der Waals surface area (Å²) in [6.45, 7) is 5.22. The minimum atomic E-state index is -1.15. The third-order valence-electron chi connectivity index (χ3n) is 2.80. The monoisotopic (exact) mass is 236 g/mol. The van der Waals surface area contributed by atoms with Crippen molar-refractivity contribution in [3.63, 3.8) is 0 Å². The minimum Gasteiger partial charge on any atom is -0.507 e. The van der Waals surface area contributed by atoms with E-state index >= 15 is 0 Å². The van der Waals surface area contributed by atoms with E-state index in [0.717, 1.165) is 5.57 Å². The van der Waals surface area contributed by atoms with Gasteiger partial charge in [0.1, 0.15) is 17.1 Å². The van der Waals surface area contributed by atoms with Crippen LogP contribution in [0.4, 0.5) is 0 Å². The van der Waals surface area contributed by atoms with Crippen molar-refractivity contribution in [1.29, 1.82) is 0 Å². The highest BCUT2D eigenvalue weighted by molar-refractivity contribution is 5.97. The lowest BCUT2D eigenvalue weighted by atomic mass is 9.96. The summed E-state index contributed by atoms with van der Waals surface area (Å²) >= 11 is 0. The zero-order valence-electron chi connectivity index (χ0n) is 10.4. The Labute approximate surface area is 100 Å². The Kier molecular flexibility index (Phi) is 3.78. The van der Waals surface area contributed by atoms with Crippen LogP contribution >= 0.6 is 0 Å². The Bertz CT molecular complexity index is 487. The predicted molar refractivity (Wildman–Crippen MR) is 65.7 cm³/mol. The molecular weight excluding hydrogens is 220 g/mol. The Morgan fingerprint density at radius 2 is 2.06 bits per heavy atom. The number of carboxylic acid groups (broad SMARTS) is 1. The number of rotatable bonds is 3. The van der Waals surface area contributed by atoms with Crippen molar-refractivity contribution in [3.05, 3.63) is 28.8 Å². The van der Waals surface area contributed by atoms with Crippen molar-refractivity contribution in [2.24, 2.45) is 0 Å². The van der Waals surface area contributed by atoms with Gasteiger partial charge in [0, 0.05) is 5.56 Å². The van der Waals surface area contributed by atoms with E-state index in [-0.39, 0.29) is 11.3 Å². The second-order valence-corrected chi connectivity index (χ2v) is 3.75. The molecule has 0 aliphatic heterocycles. The van der Waals surface area contributed by atoms with Crippen LogP contribution in [0, 0.1) is 6.92 Å². The predicted octanol–water partition coefficient (Wildman–Crippen LogP) is 2.83. The van der Waals surface area contributed by atoms with E-state index in [9.17, 15) is 9.90 Å². The average Bonchev–Trinajstić information content (AvgIpc) is 2.30. The number of ether oxygens (including phenoxy) is 1. The Morgan fingerprint density at radius 1 is 1.47 bits per heavy atom. The maximum Gasteiger partial charge on any atom is 0.340 e. The maximum atomic E-state index is 11.2. The number of aromatic carboxylic acids is 1. The fourth-order valence-corrected chi connectivity index (χ4v) is 1.64. The number of methoxy groups -OCH3 is 1. The lowest BCUT2D eigenvalue weighted by Gasteiger charge is -2.14. The molecular formula is C13H16O4. The van der Waals surface area contributed by atoms with Crippen molar-refractivity contribution >= 4 is 11.5 Å². The summed E-state index contributed by atoms with van der Waals surface area (Å²) in [5.74, 6) is -0.916. The first kappa shape index (κ1) is 13.1. The van der Waals surface area contributed by atoms with E-state index in [0.29, 0.717) is 16.9 Å². The van der Waals surface area contributed by atoms with Crippen LogP contribution in [0.5, 0.6) is 11.5 Å². The van der Waals surface area contributed by atoms with E-state index in [2.05, 4.69) is 0 Å². The molecule has 0 atom stereocenters. The molecule has 0 radical (unpaired) electrons. The molecule has 4 nitrogen and oxygen atoms in total. The molecule has 0 saturated carbocycles. The number of aromatic hydroxyl groups is 1. The van der Waals surface area contributed by atoms with Crippen LogP contribution in [-0.4, -0.2) is 23.3 Å². The molecule has 0 saturated heterocycles. The summed E-state index contributed by atoms with van der Waals surface area (Å²) in [4.78, 5) is 11.2. The van der Waals surface area contributed by atoms with Gasteiger partial charge in [0.15, 0.2) is 0 Å². The Hall–Kier alpha value is -1.97. The number of hydrogen-bond donors (Lipinski definition) is 2. The zero-order chi connectivity index (χ0) is 13.2. The zero-order valence-corrected chi connectivity index (χ0v) is 10.4. The number of carboxylic acids is 1. The van der Waals surface area contributed by atoms with Crippen LogP contribution in [0.2, 0.25) is 0 Å². The van der Waals surface area contributed by atoms with Gasteiger partial charge < -0.3 is 14.9 Å². The van der Waals surface area contributed by atoms with Crippen LogP contribution in [0.25, 0.3) is 5.57 Å². The van der Waals surface area contributed by atoms with Gasteiger partial charge >= 0.3 is 5.97 Å². The van der Waals surface area contributed by atoms with Crippen LogP contribution < -0.4 is 4.74 Å². The topological polar surface area (TPSA) is 66.8 Å². The first-order valence-corrected chi connectivity index (χ1v) is 5.21. The van der Waals surface area contributed by atoms with Crippen molar-refractivity contribution < 1.29 is 19.7 Å². The van der Waals surface area contributed by atoms with Gasteiger partial charge in [-0.15, -0.1) is 0 Å². The lowest BCUT2D eigenvalue weighted by Crippen LogP contribution is -2.04. The average molecular weight is 236 g/mol. The summed E-state index contributed by atoms with van der Waals surface area (Å²) in [5.41, 5.74) is 1.59. The molecule has 4 heteroatoms. The SMILES string of the molecule is C/C=C(\C)c1cc(OC)c(C)c(O)c1C(=O)O. The fraction of sp³-hybridized carbons (Fsp3) is 0.308. The van der Waals surface area contributed by atoms with E-state index in [1.54, 1.807) is 26.0 Å². The molecule has 0 aliphatic carbocycles. The van der Waals surface area contributed by atoms with Gasteiger partial charge in [-0.05, 0) is 38.0 Å². The molecule has 0 aliphatic rings. The van der Waals surface area contributed by atoms with Gasteiger partial charge in [-0.2, -0.15) is 0 Å².